The summed E-state index contributed by atoms with van der Waals surface area (Å²) in [5.41, 5.74) is 0.221. The highest BCUT2D eigenvalue weighted by molar-refractivity contribution is 5.78. The second-order valence-electron chi connectivity index (χ2n) is 7.36. The predicted octanol–water partition coefficient (Wildman–Crippen LogP) is 4.46. The molecular weight excluding hydrogens is 272 g/mol. The summed E-state index contributed by atoms with van der Waals surface area (Å²) in [7, 11) is 1.93. The lowest BCUT2D eigenvalue weighted by Crippen LogP contribution is -2.57. The largest absolute Gasteiger partial charge is 0.343 e. The van der Waals surface area contributed by atoms with Gasteiger partial charge in [0.05, 0.1) is 6.54 Å². The van der Waals surface area contributed by atoms with E-state index in [0.717, 1.165) is 13.1 Å². The molecule has 0 radical (unpaired) electrons. The number of amides is 1. The molecular formula is C19H38N2O. The zero-order chi connectivity index (χ0) is 16.4. The number of carbonyl (C=O) groups is 1. The van der Waals surface area contributed by atoms with E-state index in [-0.39, 0.29) is 5.54 Å². The lowest BCUT2D eigenvalue weighted by atomic mass is 9.85. The third-order valence-electron chi connectivity index (χ3n) is 5.36. The van der Waals surface area contributed by atoms with Crippen molar-refractivity contribution in [1.29, 1.82) is 0 Å². The highest BCUT2D eigenvalue weighted by atomic mass is 16.2. The number of carbonyl (C=O) groups excluding carboxylic acids is 1. The van der Waals surface area contributed by atoms with Crippen LogP contribution >= 0.6 is 0 Å². The Hall–Kier alpha value is -0.570. The number of piperazine rings is 1. The summed E-state index contributed by atoms with van der Waals surface area (Å²) in [6.07, 6.45) is 13.0. The van der Waals surface area contributed by atoms with E-state index in [2.05, 4.69) is 25.7 Å². The molecule has 1 fully saturated rings. The van der Waals surface area contributed by atoms with Crippen LogP contribution in [-0.2, 0) is 4.79 Å². The molecule has 0 aromatic carbocycles. The van der Waals surface area contributed by atoms with E-state index in [1.807, 2.05) is 11.9 Å². The van der Waals surface area contributed by atoms with Gasteiger partial charge in [0.25, 0.3) is 0 Å². The molecule has 3 nitrogen and oxygen atoms in total. The first-order valence-electron chi connectivity index (χ1n) is 9.52. The number of hydrogen-bond acceptors (Lipinski definition) is 2. The van der Waals surface area contributed by atoms with Gasteiger partial charge in [0.2, 0.25) is 5.91 Å². The maximum absolute atomic E-state index is 12.1. The first-order chi connectivity index (χ1) is 10.5. The van der Waals surface area contributed by atoms with Gasteiger partial charge in [0.15, 0.2) is 0 Å². The molecule has 0 unspecified atom stereocenters. The fraction of sp³-hybridized carbons (Fsp3) is 0.947. The molecule has 1 aliphatic heterocycles. The second-order valence-corrected chi connectivity index (χ2v) is 7.36. The summed E-state index contributed by atoms with van der Waals surface area (Å²) < 4.78 is 0. The highest BCUT2D eigenvalue weighted by Gasteiger charge is 2.35. The van der Waals surface area contributed by atoms with E-state index < -0.39 is 0 Å². The molecule has 0 aromatic rings. The molecule has 0 N–H and O–H groups in total. The summed E-state index contributed by atoms with van der Waals surface area (Å²) in [6, 6.07) is 0. The van der Waals surface area contributed by atoms with E-state index >= 15 is 0 Å². The monoisotopic (exact) mass is 310 g/mol. The molecule has 0 aliphatic carbocycles. The Morgan fingerprint density at radius 1 is 0.909 bits per heavy atom. The smallest absolute Gasteiger partial charge is 0.236 e. The highest BCUT2D eigenvalue weighted by Crippen LogP contribution is 2.30. The van der Waals surface area contributed by atoms with Gasteiger partial charge in [-0.05, 0) is 19.8 Å². The van der Waals surface area contributed by atoms with E-state index in [0.29, 0.717) is 12.5 Å². The van der Waals surface area contributed by atoms with Crippen molar-refractivity contribution in [2.24, 2.45) is 0 Å². The van der Waals surface area contributed by atoms with Gasteiger partial charge >= 0.3 is 0 Å². The third kappa shape index (κ3) is 6.28. The Bertz CT molecular complexity index is 305. The Balaban J connectivity index is 2.57. The Kier molecular flexibility index (Phi) is 9.08. The predicted molar refractivity (Wildman–Crippen MR) is 95.1 cm³/mol. The fourth-order valence-electron chi connectivity index (χ4n) is 3.53. The molecule has 3 heteroatoms. The lowest BCUT2D eigenvalue weighted by Gasteiger charge is -2.45. The van der Waals surface area contributed by atoms with Crippen LogP contribution < -0.4 is 0 Å². The average molecular weight is 311 g/mol. The van der Waals surface area contributed by atoms with E-state index in [1.165, 1.54) is 64.2 Å². The lowest BCUT2D eigenvalue weighted by molar-refractivity contribution is -0.137. The first-order valence-corrected chi connectivity index (χ1v) is 9.52. The van der Waals surface area contributed by atoms with E-state index in [4.69, 9.17) is 0 Å². The molecule has 1 rings (SSSR count). The van der Waals surface area contributed by atoms with Crippen molar-refractivity contribution in [3.63, 3.8) is 0 Å². The van der Waals surface area contributed by atoms with Crippen molar-refractivity contribution in [1.82, 2.24) is 9.80 Å². The molecule has 1 saturated heterocycles. The minimum absolute atomic E-state index is 0.221. The third-order valence-corrected chi connectivity index (χ3v) is 5.36. The number of unbranched alkanes of at least 4 members (excludes halogenated alkanes) is 6. The molecule has 1 amide bonds. The van der Waals surface area contributed by atoms with E-state index in [9.17, 15) is 4.79 Å². The summed E-state index contributed by atoms with van der Waals surface area (Å²) >= 11 is 0. The molecule has 22 heavy (non-hydrogen) atoms. The van der Waals surface area contributed by atoms with Gasteiger partial charge in [0, 0.05) is 25.7 Å². The van der Waals surface area contributed by atoms with Crippen LogP contribution in [-0.4, -0.2) is 47.9 Å². The first kappa shape index (κ1) is 19.5. The number of rotatable bonds is 11. The van der Waals surface area contributed by atoms with Gasteiger partial charge < -0.3 is 4.90 Å². The van der Waals surface area contributed by atoms with Crippen LogP contribution in [0, 0.1) is 0 Å². The van der Waals surface area contributed by atoms with Crippen molar-refractivity contribution < 1.29 is 4.79 Å². The molecule has 1 heterocycles. The average Bonchev–Trinajstić information content (AvgIpc) is 2.51. The topological polar surface area (TPSA) is 23.6 Å². The van der Waals surface area contributed by atoms with Gasteiger partial charge in [0.1, 0.15) is 0 Å². The SMILES string of the molecule is CCCCCCC(C)(CCCCCC)N1CCN(C)C(=O)C1. The molecule has 1 aliphatic rings. The summed E-state index contributed by atoms with van der Waals surface area (Å²) in [4.78, 5) is 16.4. The summed E-state index contributed by atoms with van der Waals surface area (Å²) in [5.74, 6) is 0.291. The zero-order valence-corrected chi connectivity index (χ0v) is 15.5. The number of hydrogen-bond donors (Lipinski definition) is 0. The van der Waals surface area contributed by atoms with Crippen molar-refractivity contribution >= 4 is 5.91 Å². The minimum atomic E-state index is 0.221. The van der Waals surface area contributed by atoms with Crippen LogP contribution in [0.15, 0.2) is 0 Å². The van der Waals surface area contributed by atoms with Gasteiger partial charge in [-0.25, -0.2) is 0 Å². The van der Waals surface area contributed by atoms with Gasteiger partial charge in [-0.3, -0.25) is 9.69 Å². The summed E-state index contributed by atoms with van der Waals surface area (Å²) in [6.45, 7) is 9.49. The fourth-order valence-corrected chi connectivity index (χ4v) is 3.53. The quantitative estimate of drug-likeness (QED) is 0.526. The van der Waals surface area contributed by atoms with Crippen LogP contribution in [0.5, 0.6) is 0 Å². The Morgan fingerprint density at radius 2 is 1.45 bits per heavy atom. The van der Waals surface area contributed by atoms with Crippen LogP contribution in [0.25, 0.3) is 0 Å². The number of likely N-dealkylation sites (N-methyl/N-ethyl adjacent to an activating group) is 1. The summed E-state index contributed by atoms with van der Waals surface area (Å²) in [5, 5.41) is 0. The molecule has 0 aromatic heterocycles. The molecule has 0 spiro atoms. The van der Waals surface area contributed by atoms with Crippen LogP contribution in [0.3, 0.4) is 0 Å². The maximum atomic E-state index is 12.1. The molecule has 130 valence electrons. The number of nitrogens with zero attached hydrogens (tertiary/aromatic N) is 2. The van der Waals surface area contributed by atoms with Gasteiger partial charge in [-0.2, -0.15) is 0 Å². The van der Waals surface area contributed by atoms with Crippen LogP contribution in [0.1, 0.15) is 85.0 Å². The van der Waals surface area contributed by atoms with Crippen molar-refractivity contribution in [2.75, 3.05) is 26.7 Å². The Labute approximate surface area is 138 Å². The van der Waals surface area contributed by atoms with Crippen molar-refractivity contribution in [3.05, 3.63) is 0 Å². The molecule has 0 bridgehead atoms. The van der Waals surface area contributed by atoms with Gasteiger partial charge in [-0.15, -0.1) is 0 Å². The molecule has 0 atom stereocenters. The molecule has 0 saturated carbocycles. The Morgan fingerprint density at radius 3 is 1.91 bits per heavy atom. The van der Waals surface area contributed by atoms with Crippen molar-refractivity contribution in [2.45, 2.75) is 90.5 Å². The van der Waals surface area contributed by atoms with Crippen LogP contribution in [0.4, 0.5) is 0 Å². The standard InChI is InChI=1S/C19H38N2O/c1-5-7-9-11-13-19(3,14-12-10-8-6-2)21-16-15-20(4)18(22)17-21/h5-17H2,1-4H3. The van der Waals surface area contributed by atoms with Gasteiger partial charge in [-0.1, -0.05) is 65.2 Å². The minimum Gasteiger partial charge on any atom is -0.343 e. The normalized spacial score (nSPS) is 17.3. The van der Waals surface area contributed by atoms with E-state index in [1.54, 1.807) is 0 Å². The van der Waals surface area contributed by atoms with Crippen molar-refractivity contribution in [3.8, 4) is 0 Å². The second kappa shape index (κ2) is 10.3. The van der Waals surface area contributed by atoms with Crippen LogP contribution in [0.2, 0.25) is 0 Å². The maximum Gasteiger partial charge on any atom is 0.236 e. The zero-order valence-electron chi connectivity index (χ0n) is 15.5.